The van der Waals surface area contributed by atoms with Crippen LogP contribution in [0.15, 0.2) is 89.8 Å². The van der Waals surface area contributed by atoms with Crippen LogP contribution >= 0.6 is 11.3 Å². The molecule has 4 aromatic rings. The van der Waals surface area contributed by atoms with Crippen LogP contribution in [0.25, 0.3) is 0 Å². The van der Waals surface area contributed by atoms with Crippen molar-refractivity contribution in [2.24, 2.45) is 0 Å². The van der Waals surface area contributed by atoms with Gasteiger partial charge in [-0.3, -0.25) is 4.79 Å². The van der Waals surface area contributed by atoms with Gasteiger partial charge in [0.05, 0.1) is 11.4 Å². The van der Waals surface area contributed by atoms with Gasteiger partial charge in [0.25, 0.3) is 0 Å². The van der Waals surface area contributed by atoms with E-state index in [9.17, 15) is 4.79 Å². The van der Waals surface area contributed by atoms with E-state index < -0.39 is 5.92 Å². The molecule has 0 aliphatic carbocycles. The number of benzene rings is 3. The van der Waals surface area contributed by atoms with E-state index in [0.29, 0.717) is 0 Å². The minimum absolute atomic E-state index is 0.0778. The maximum Gasteiger partial charge on any atom is 0.348 e. The zero-order valence-corrected chi connectivity index (χ0v) is 16.8. The molecule has 2 heterocycles. The van der Waals surface area contributed by atoms with Gasteiger partial charge in [-0.2, -0.15) is 0 Å². The predicted octanol–water partition coefficient (Wildman–Crippen LogP) is 4.75. The Bertz CT molecular complexity index is 1170. The molecule has 5 nitrogen and oxygen atoms in total. The molecule has 0 saturated carbocycles. The Hall–Kier alpha value is -3.77. The van der Waals surface area contributed by atoms with E-state index in [1.807, 2.05) is 84.2 Å². The van der Waals surface area contributed by atoms with Crippen LogP contribution in [0.3, 0.4) is 0 Å². The molecule has 0 spiro atoms. The van der Waals surface area contributed by atoms with Crippen molar-refractivity contribution in [2.75, 3.05) is 10.6 Å². The maximum absolute atomic E-state index is 13.3. The van der Waals surface area contributed by atoms with Crippen LogP contribution in [0.4, 0.5) is 17.1 Å². The molecule has 1 aliphatic rings. The summed E-state index contributed by atoms with van der Waals surface area (Å²) in [4.78, 5) is 22.2. The fourth-order valence-electron chi connectivity index (χ4n) is 3.54. The molecular weight excluding hydrogens is 392 g/mol. The van der Waals surface area contributed by atoms with Crippen molar-refractivity contribution >= 4 is 40.1 Å². The number of rotatable bonds is 5. The fourth-order valence-corrected chi connectivity index (χ4v) is 4.08. The molecule has 145 valence electrons. The summed E-state index contributed by atoms with van der Waals surface area (Å²) in [6.45, 7) is 0. The van der Waals surface area contributed by atoms with Crippen LogP contribution in [0, 0.1) is 0 Å². The lowest BCUT2D eigenvalue weighted by molar-refractivity contribution is -0.116. The van der Waals surface area contributed by atoms with Gasteiger partial charge in [-0.1, -0.05) is 60.7 Å². The molecule has 1 amide bonds. The molecule has 1 aliphatic heterocycles. The third kappa shape index (κ3) is 3.60. The average Bonchev–Trinajstić information content (AvgIpc) is 3.45. The molecule has 30 heavy (non-hydrogen) atoms. The molecule has 1 radical (unpaired) electrons. The van der Waals surface area contributed by atoms with Crippen LogP contribution < -0.4 is 15.6 Å². The Kier molecular flexibility index (Phi) is 4.83. The van der Waals surface area contributed by atoms with Gasteiger partial charge < -0.3 is 5.32 Å². The lowest BCUT2D eigenvalue weighted by Crippen LogP contribution is -2.22. The second kappa shape index (κ2) is 7.93. The van der Waals surface area contributed by atoms with Crippen molar-refractivity contribution in [3.8, 4) is 0 Å². The van der Waals surface area contributed by atoms with Gasteiger partial charge in [0.1, 0.15) is 0 Å². The predicted molar refractivity (Wildman–Crippen MR) is 121 cm³/mol. The molecule has 3 aromatic carbocycles. The summed E-state index contributed by atoms with van der Waals surface area (Å²) < 4.78 is 0. The van der Waals surface area contributed by atoms with E-state index in [2.05, 4.69) is 20.6 Å². The average molecular weight is 411 g/mol. The number of thiazole rings is 1. The quantitative estimate of drug-likeness (QED) is 0.499. The standard InChI is InChI=1S/C24H18N4OS/c29-24(22(16-7-3-1-4-8-16)17-9-5-2-6-10-17)26-18-11-12-19-20(13-18)28-23(27-19)21-14-30-15-25-21/h1-15,22,28H,(H,26,29)/q+1. The zero-order valence-electron chi connectivity index (χ0n) is 15.9. The third-order valence-electron chi connectivity index (χ3n) is 4.95. The fraction of sp³-hybridized carbons (Fsp3) is 0.0417. The molecule has 2 N–H and O–H groups in total. The number of aliphatic imine (C=N–C) groups is 1. The molecule has 0 fully saturated rings. The molecular formula is C24H18N4OS+. The second-order valence-corrected chi connectivity index (χ2v) is 7.65. The lowest BCUT2D eigenvalue weighted by Gasteiger charge is -2.18. The third-order valence-corrected chi connectivity index (χ3v) is 5.54. The summed E-state index contributed by atoms with van der Waals surface area (Å²) in [6, 6.07) is 25.3. The number of carbonyl (C=O) groups is 1. The van der Waals surface area contributed by atoms with E-state index in [0.717, 1.165) is 39.7 Å². The van der Waals surface area contributed by atoms with Gasteiger partial charge in [-0.05, 0) is 28.3 Å². The smallest absolute Gasteiger partial charge is 0.325 e. The van der Waals surface area contributed by atoms with Crippen molar-refractivity contribution < 1.29 is 4.79 Å². The molecule has 6 heteroatoms. The number of nitrogens with zero attached hydrogens (tertiary/aromatic N) is 2. The number of nitrogens with one attached hydrogen (secondary N) is 2. The first kappa shape index (κ1) is 18.3. The Labute approximate surface area is 178 Å². The van der Waals surface area contributed by atoms with Crippen molar-refractivity contribution in [1.82, 2.24) is 9.98 Å². The van der Waals surface area contributed by atoms with Gasteiger partial charge in [-0.25, -0.2) is 10.3 Å². The van der Waals surface area contributed by atoms with Crippen molar-refractivity contribution in [2.45, 2.75) is 5.92 Å². The number of aromatic nitrogens is 1. The van der Waals surface area contributed by atoms with Crippen LogP contribution in [0.5, 0.6) is 0 Å². The van der Waals surface area contributed by atoms with Crippen molar-refractivity contribution in [3.05, 3.63) is 107 Å². The highest BCUT2D eigenvalue weighted by molar-refractivity contribution is 7.07. The van der Waals surface area contributed by atoms with Crippen LogP contribution in [-0.4, -0.2) is 16.7 Å². The summed E-state index contributed by atoms with van der Waals surface area (Å²) in [5.41, 5.74) is 6.91. The maximum atomic E-state index is 13.3. The minimum atomic E-state index is -0.393. The molecule has 0 unspecified atom stereocenters. The van der Waals surface area contributed by atoms with E-state index in [-0.39, 0.29) is 5.91 Å². The number of fused-ring (bicyclic) bond motifs is 1. The van der Waals surface area contributed by atoms with Gasteiger partial charge in [-0.15, -0.1) is 11.3 Å². The SMILES string of the molecule is O=C(Nc1ccc2c(c1)NC(c1cscn1)=[N+]2)C(c1ccccc1)c1ccccc1. The van der Waals surface area contributed by atoms with Crippen LogP contribution in [0.2, 0.25) is 0 Å². The van der Waals surface area contributed by atoms with E-state index >= 15 is 0 Å². The highest BCUT2D eigenvalue weighted by Gasteiger charge is 2.29. The molecule has 0 saturated heterocycles. The van der Waals surface area contributed by atoms with Gasteiger partial charge in [0.15, 0.2) is 11.4 Å². The van der Waals surface area contributed by atoms with Crippen molar-refractivity contribution in [1.29, 1.82) is 0 Å². The summed E-state index contributed by atoms with van der Waals surface area (Å²) in [7, 11) is 0. The topological polar surface area (TPSA) is 68.1 Å². The Balaban J connectivity index is 1.39. The summed E-state index contributed by atoms with van der Waals surface area (Å²) >= 11 is 1.53. The van der Waals surface area contributed by atoms with Crippen LogP contribution in [0.1, 0.15) is 22.7 Å². The van der Waals surface area contributed by atoms with E-state index in [4.69, 9.17) is 0 Å². The van der Waals surface area contributed by atoms with Gasteiger partial charge >= 0.3 is 5.84 Å². The second-order valence-electron chi connectivity index (χ2n) is 6.93. The van der Waals surface area contributed by atoms with E-state index in [1.54, 1.807) is 5.51 Å². The van der Waals surface area contributed by atoms with E-state index in [1.165, 1.54) is 11.3 Å². The molecule has 1 aromatic heterocycles. The Morgan fingerprint density at radius 1 is 0.967 bits per heavy atom. The summed E-state index contributed by atoms with van der Waals surface area (Å²) in [5, 5.41) is 8.31. The monoisotopic (exact) mass is 410 g/mol. The summed E-state index contributed by atoms with van der Waals surface area (Å²) in [5.74, 6) is 0.252. The first-order valence-corrected chi connectivity index (χ1v) is 10.5. The first-order chi connectivity index (χ1) is 14.8. The Morgan fingerprint density at radius 3 is 2.30 bits per heavy atom. The normalized spacial score (nSPS) is 12.2. The molecule has 0 atom stereocenters. The van der Waals surface area contributed by atoms with Crippen molar-refractivity contribution in [3.63, 3.8) is 0 Å². The highest BCUT2D eigenvalue weighted by atomic mass is 32.1. The highest BCUT2D eigenvalue weighted by Crippen LogP contribution is 2.31. The van der Waals surface area contributed by atoms with Gasteiger partial charge in [0.2, 0.25) is 11.6 Å². The number of hydrogen-bond donors (Lipinski definition) is 2. The summed E-state index contributed by atoms with van der Waals surface area (Å²) in [6.07, 6.45) is 0. The molecule has 5 rings (SSSR count). The zero-order chi connectivity index (χ0) is 20.3. The number of amides is 1. The molecule has 0 bridgehead atoms. The van der Waals surface area contributed by atoms with Gasteiger partial charge in [0, 0.05) is 17.1 Å². The Morgan fingerprint density at radius 2 is 1.67 bits per heavy atom. The number of hydrogen-bond acceptors (Lipinski definition) is 5. The minimum Gasteiger partial charge on any atom is -0.325 e. The lowest BCUT2D eigenvalue weighted by atomic mass is 9.90. The number of carbonyl (C=O) groups excluding carboxylic acids is 1. The largest absolute Gasteiger partial charge is 0.348 e. The number of anilines is 2. The first-order valence-electron chi connectivity index (χ1n) is 9.57. The van der Waals surface area contributed by atoms with Crippen LogP contribution in [-0.2, 0) is 4.79 Å². The number of amidine groups is 1.